The number of halogens is 3. The van der Waals surface area contributed by atoms with Gasteiger partial charge in [0.15, 0.2) is 0 Å². The zero-order valence-corrected chi connectivity index (χ0v) is 17.5. The zero-order valence-electron chi connectivity index (χ0n) is 16.6. The molecule has 5 nitrogen and oxygen atoms in total. The van der Waals surface area contributed by atoms with Gasteiger partial charge in [0.2, 0.25) is 0 Å². The minimum absolute atomic E-state index is 0.143. The second kappa shape index (κ2) is 8.43. The second-order valence-electron chi connectivity index (χ2n) is 6.86. The molecule has 0 heterocycles. The van der Waals surface area contributed by atoms with Crippen molar-refractivity contribution in [3.63, 3.8) is 0 Å². The van der Waals surface area contributed by atoms with Crippen LogP contribution in [-0.2, 0) is 16.2 Å². The van der Waals surface area contributed by atoms with E-state index in [0.717, 1.165) is 34.1 Å². The highest BCUT2D eigenvalue weighted by Crippen LogP contribution is 2.30. The molecule has 0 spiro atoms. The first kappa shape index (κ1) is 22.4. The number of alkyl halides is 3. The highest BCUT2D eigenvalue weighted by atomic mass is 32.2. The van der Waals surface area contributed by atoms with Crippen LogP contribution in [0.3, 0.4) is 0 Å². The van der Waals surface area contributed by atoms with Gasteiger partial charge in [0.1, 0.15) is 0 Å². The first-order valence-electron chi connectivity index (χ1n) is 9.13. The maximum Gasteiger partial charge on any atom is 0.416 e. The summed E-state index contributed by atoms with van der Waals surface area (Å²) in [7, 11) is -2.36. The Hall–Kier alpha value is -3.33. The lowest BCUT2D eigenvalue weighted by molar-refractivity contribution is -0.137. The van der Waals surface area contributed by atoms with Gasteiger partial charge in [-0.15, -0.1) is 0 Å². The summed E-state index contributed by atoms with van der Waals surface area (Å²) in [6.07, 6.45) is -4.46. The van der Waals surface area contributed by atoms with E-state index in [1.165, 1.54) is 43.4 Å². The summed E-state index contributed by atoms with van der Waals surface area (Å²) < 4.78 is 64.5. The van der Waals surface area contributed by atoms with Gasteiger partial charge in [-0.05, 0) is 67.6 Å². The van der Waals surface area contributed by atoms with E-state index in [0.29, 0.717) is 5.69 Å². The number of carbonyl (C=O) groups excluding carboxylic acids is 1. The Bertz CT molecular complexity index is 1170. The van der Waals surface area contributed by atoms with Gasteiger partial charge >= 0.3 is 6.18 Å². The van der Waals surface area contributed by atoms with Crippen molar-refractivity contribution in [2.75, 3.05) is 16.7 Å². The molecule has 0 radical (unpaired) electrons. The average molecular weight is 448 g/mol. The number of amides is 1. The Morgan fingerprint density at radius 2 is 1.42 bits per heavy atom. The molecule has 9 heteroatoms. The van der Waals surface area contributed by atoms with Gasteiger partial charge < -0.3 is 5.32 Å². The number of nitrogens with zero attached hydrogens (tertiary/aromatic N) is 1. The van der Waals surface area contributed by atoms with Gasteiger partial charge in [-0.3, -0.25) is 9.10 Å². The van der Waals surface area contributed by atoms with E-state index in [9.17, 15) is 26.4 Å². The smallest absolute Gasteiger partial charge is 0.322 e. The Morgan fingerprint density at radius 3 is 1.94 bits per heavy atom. The van der Waals surface area contributed by atoms with Crippen molar-refractivity contribution >= 4 is 27.3 Å². The molecule has 0 saturated heterocycles. The molecular formula is C22H19F3N2O3S. The van der Waals surface area contributed by atoms with E-state index in [-0.39, 0.29) is 16.1 Å². The summed E-state index contributed by atoms with van der Waals surface area (Å²) in [5, 5.41) is 2.51. The van der Waals surface area contributed by atoms with Crippen LogP contribution in [0.25, 0.3) is 0 Å². The van der Waals surface area contributed by atoms with Crippen LogP contribution in [0.4, 0.5) is 24.5 Å². The standard InChI is InChI=1S/C22H19F3N2O3S/c1-15-3-13-20(14-4-15)31(29,30)27(2)19-11-5-16(6-12-19)21(28)26-18-9-7-17(8-10-18)22(23,24)25/h3-14H,1-2H3,(H,26,28). The molecule has 3 rings (SSSR count). The van der Waals surface area contributed by atoms with Gasteiger partial charge in [-0.2, -0.15) is 13.2 Å². The first-order chi connectivity index (χ1) is 14.5. The van der Waals surface area contributed by atoms with Gasteiger partial charge in [0, 0.05) is 18.3 Å². The SMILES string of the molecule is Cc1ccc(S(=O)(=O)N(C)c2ccc(C(=O)Nc3ccc(C(F)(F)F)cc3)cc2)cc1. The molecule has 3 aromatic carbocycles. The van der Waals surface area contributed by atoms with Crippen molar-refractivity contribution < 1.29 is 26.4 Å². The fourth-order valence-corrected chi connectivity index (χ4v) is 3.97. The highest BCUT2D eigenvalue weighted by molar-refractivity contribution is 7.92. The predicted octanol–water partition coefficient (Wildman–Crippen LogP) is 5.09. The number of hydrogen-bond donors (Lipinski definition) is 1. The normalized spacial score (nSPS) is 11.8. The monoisotopic (exact) mass is 448 g/mol. The summed E-state index contributed by atoms with van der Waals surface area (Å²) in [6.45, 7) is 1.86. The lowest BCUT2D eigenvalue weighted by Crippen LogP contribution is -2.26. The maximum atomic E-state index is 12.8. The van der Waals surface area contributed by atoms with Crippen LogP contribution >= 0.6 is 0 Å². The molecule has 0 atom stereocenters. The molecule has 31 heavy (non-hydrogen) atoms. The van der Waals surface area contributed by atoms with Crippen LogP contribution in [0.15, 0.2) is 77.7 Å². The third-order valence-corrected chi connectivity index (χ3v) is 6.44. The lowest BCUT2D eigenvalue weighted by atomic mass is 10.1. The topological polar surface area (TPSA) is 66.5 Å². The Kier molecular flexibility index (Phi) is 6.08. The molecule has 1 N–H and O–H groups in total. The molecule has 0 bridgehead atoms. The summed E-state index contributed by atoms with van der Waals surface area (Å²) in [6, 6.07) is 16.4. The third kappa shape index (κ3) is 5.05. The molecule has 162 valence electrons. The molecule has 0 aromatic heterocycles. The molecule has 1 amide bonds. The van der Waals surface area contributed by atoms with Crippen LogP contribution in [-0.4, -0.2) is 21.4 Å². The highest BCUT2D eigenvalue weighted by Gasteiger charge is 2.30. The zero-order chi connectivity index (χ0) is 22.8. The average Bonchev–Trinajstić information content (AvgIpc) is 2.73. The Labute approximate surface area is 178 Å². The molecule has 0 unspecified atom stereocenters. The second-order valence-corrected chi connectivity index (χ2v) is 8.83. The number of hydrogen-bond acceptors (Lipinski definition) is 3. The first-order valence-corrected chi connectivity index (χ1v) is 10.6. The molecule has 0 aliphatic heterocycles. The predicted molar refractivity (Wildman–Crippen MR) is 113 cm³/mol. The number of nitrogens with one attached hydrogen (secondary N) is 1. The van der Waals surface area contributed by atoms with Crippen LogP contribution in [0.1, 0.15) is 21.5 Å². The number of rotatable bonds is 5. The minimum Gasteiger partial charge on any atom is -0.322 e. The lowest BCUT2D eigenvalue weighted by Gasteiger charge is -2.20. The number of aryl methyl sites for hydroxylation is 1. The number of sulfonamides is 1. The summed E-state index contributed by atoms with van der Waals surface area (Å²) >= 11 is 0. The summed E-state index contributed by atoms with van der Waals surface area (Å²) in [5.41, 5.74) is 0.912. The van der Waals surface area contributed by atoms with Crippen LogP contribution in [0, 0.1) is 6.92 Å². The van der Waals surface area contributed by atoms with E-state index < -0.39 is 27.7 Å². The van der Waals surface area contributed by atoms with Gasteiger partial charge in [-0.25, -0.2) is 8.42 Å². The van der Waals surface area contributed by atoms with E-state index in [1.807, 2.05) is 6.92 Å². The Balaban J connectivity index is 1.73. The Morgan fingerprint density at radius 1 is 0.871 bits per heavy atom. The van der Waals surface area contributed by atoms with E-state index in [2.05, 4.69) is 5.32 Å². The molecule has 0 aliphatic carbocycles. The van der Waals surface area contributed by atoms with E-state index in [1.54, 1.807) is 12.1 Å². The van der Waals surface area contributed by atoms with Crippen molar-refractivity contribution in [3.05, 3.63) is 89.5 Å². The van der Waals surface area contributed by atoms with Crippen LogP contribution in [0.5, 0.6) is 0 Å². The van der Waals surface area contributed by atoms with Crippen molar-refractivity contribution in [2.45, 2.75) is 18.0 Å². The number of anilines is 2. The fraction of sp³-hybridized carbons (Fsp3) is 0.136. The van der Waals surface area contributed by atoms with Crippen LogP contribution < -0.4 is 9.62 Å². The van der Waals surface area contributed by atoms with E-state index in [4.69, 9.17) is 0 Å². The van der Waals surface area contributed by atoms with Crippen LogP contribution in [0.2, 0.25) is 0 Å². The molecule has 3 aromatic rings. The number of carbonyl (C=O) groups is 1. The maximum absolute atomic E-state index is 12.8. The number of benzene rings is 3. The van der Waals surface area contributed by atoms with Crippen molar-refractivity contribution in [2.24, 2.45) is 0 Å². The molecule has 0 saturated carbocycles. The van der Waals surface area contributed by atoms with Gasteiger partial charge in [0.25, 0.3) is 15.9 Å². The third-order valence-electron chi connectivity index (χ3n) is 4.64. The molecular weight excluding hydrogens is 429 g/mol. The molecule has 0 fully saturated rings. The summed E-state index contributed by atoms with van der Waals surface area (Å²) in [5.74, 6) is -0.532. The van der Waals surface area contributed by atoms with Gasteiger partial charge in [0.05, 0.1) is 16.1 Å². The van der Waals surface area contributed by atoms with Crippen molar-refractivity contribution in [1.82, 2.24) is 0 Å². The van der Waals surface area contributed by atoms with Crippen molar-refractivity contribution in [3.8, 4) is 0 Å². The quantitative estimate of drug-likeness (QED) is 0.591. The van der Waals surface area contributed by atoms with Crippen molar-refractivity contribution in [1.29, 1.82) is 0 Å². The minimum atomic E-state index is -4.46. The largest absolute Gasteiger partial charge is 0.416 e. The fourth-order valence-electron chi connectivity index (χ4n) is 2.78. The summed E-state index contributed by atoms with van der Waals surface area (Å²) in [4.78, 5) is 12.5. The molecule has 0 aliphatic rings. The van der Waals surface area contributed by atoms with E-state index >= 15 is 0 Å². The van der Waals surface area contributed by atoms with Gasteiger partial charge in [-0.1, -0.05) is 17.7 Å².